The van der Waals surface area contributed by atoms with Gasteiger partial charge in [0.15, 0.2) is 5.82 Å². The summed E-state index contributed by atoms with van der Waals surface area (Å²) in [5, 5.41) is 12.7. The average Bonchev–Trinajstić information content (AvgIpc) is 3.17. The Labute approximate surface area is 225 Å². The van der Waals surface area contributed by atoms with Crippen molar-refractivity contribution in [2.24, 2.45) is 5.41 Å². The quantitative estimate of drug-likeness (QED) is 0.541. The molecule has 5 rings (SSSR count). The number of likely N-dealkylation sites (N-methyl/N-ethyl adjacent to an activating group) is 2. The second-order valence-electron chi connectivity index (χ2n) is 11.9. The standard InChI is InChI=1S/C29H38N8O/c1-29(2,3)16-22-23(37-15-12-35(5)27-26(37)25(22)32-24(17-30)33-27)18-31-28(38)21-8-6-20(7-9-21)19-36-13-10-34(4)11-14-36/h6-9H,10-16,18-19H2,1-5H3,(H,31,38). The fraction of sp³-hybridized carbons (Fsp3) is 0.517. The van der Waals surface area contributed by atoms with E-state index in [-0.39, 0.29) is 17.1 Å². The number of anilines is 1. The zero-order chi connectivity index (χ0) is 27.0. The predicted octanol–water partition coefficient (Wildman–Crippen LogP) is 3.02. The van der Waals surface area contributed by atoms with Crippen LogP contribution in [0.5, 0.6) is 0 Å². The highest BCUT2D eigenvalue weighted by atomic mass is 16.1. The average molecular weight is 515 g/mol. The maximum Gasteiger partial charge on any atom is 0.251 e. The first kappa shape index (κ1) is 26.1. The molecule has 0 saturated carbocycles. The molecule has 4 heterocycles. The molecule has 1 fully saturated rings. The van der Waals surface area contributed by atoms with Crippen molar-refractivity contribution >= 4 is 22.8 Å². The first-order valence-corrected chi connectivity index (χ1v) is 13.4. The molecule has 0 spiro atoms. The number of carbonyl (C=O) groups is 1. The largest absolute Gasteiger partial charge is 0.356 e. The number of piperazine rings is 1. The summed E-state index contributed by atoms with van der Waals surface area (Å²) in [4.78, 5) is 29.2. The topological polar surface area (TPSA) is 93.3 Å². The van der Waals surface area contributed by atoms with Crippen LogP contribution in [0.25, 0.3) is 11.0 Å². The SMILES string of the molecule is CN1CCN(Cc2ccc(C(=O)NCc3c(CC(C)(C)C)c4nc(C#N)nc5c4n3CCN5C)cc2)CC1. The monoisotopic (exact) mass is 514 g/mol. The third kappa shape index (κ3) is 5.38. The third-order valence-corrected chi connectivity index (χ3v) is 7.56. The van der Waals surface area contributed by atoms with Crippen LogP contribution in [0.2, 0.25) is 0 Å². The molecule has 0 radical (unpaired) electrons. The lowest BCUT2D eigenvalue weighted by Gasteiger charge is -2.32. The zero-order valence-electron chi connectivity index (χ0n) is 23.2. The zero-order valence-corrected chi connectivity index (χ0v) is 23.2. The van der Waals surface area contributed by atoms with Gasteiger partial charge < -0.3 is 19.7 Å². The summed E-state index contributed by atoms with van der Waals surface area (Å²) in [6.45, 7) is 13.8. The lowest BCUT2D eigenvalue weighted by atomic mass is 9.87. The minimum Gasteiger partial charge on any atom is -0.356 e. The minimum absolute atomic E-state index is 0.00928. The third-order valence-electron chi connectivity index (χ3n) is 7.56. The molecule has 1 N–H and O–H groups in total. The molecule has 2 aliphatic heterocycles. The summed E-state index contributed by atoms with van der Waals surface area (Å²) >= 11 is 0. The van der Waals surface area contributed by atoms with Crippen LogP contribution >= 0.6 is 0 Å². The van der Waals surface area contributed by atoms with Gasteiger partial charge in [0.2, 0.25) is 5.82 Å². The van der Waals surface area contributed by atoms with Gasteiger partial charge in [-0.15, -0.1) is 0 Å². The summed E-state index contributed by atoms with van der Waals surface area (Å²) in [5.74, 6) is 0.871. The van der Waals surface area contributed by atoms with Crippen LogP contribution in [0.1, 0.15) is 53.8 Å². The van der Waals surface area contributed by atoms with Crippen LogP contribution in [0.4, 0.5) is 5.82 Å². The van der Waals surface area contributed by atoms with Crippen molar-refractivity contribution in [2.45, 2.75) is 46.8 Å². The van der Waals surface area contributed by atoms with E-state index < -0.39 is 0 Å². The van der Waals surface area contributed by atoms with E-state index in [0.29, 0.717) is 12.1 Å². The summed E-state index contributed by atoms with van der Waals surface area (Å²) in [7, 11) is 4.16. The van der Waals surface area contributed by atoms with E-state index in [2.05, 4.69) is 80.6 Å². The van der Waals surface area contributed by atoms with Gasteiger partial charge in [-0.05, 0) is 36.6 Å². The Morgan fingerprint density at radius 2 is 1.74 bits per heavy atom. The number of rotatable bonds is 6. The molecule has 9 nitrogen and oxygen atoms in total. The van der Waals surface area contributed by atoms with Crippen molar-refractivity contribution in [2.75, 3.05) is 51.7 Å². The van der Waals surface area contributed by atoms with Gasteiger partial charge >= 0.3 is 0 Å². The highest BCUT2D eigenvalue weighted by Crippen LogP contribution is 2.36. The van der Waals surface area contributed by atoms with Crippen LogP contribution in [-0.4, -0.2) is 77.1 Å². The van der Waals surface area contributed by atoms with E-state index in [4.69, 9.17) is 0 Å². The molecular weight excluding hydrogens is 476 g/mol. The summed E-state index contributed by atoms with van der Waals surface area (Å²) in [6.07, 6.45) is 0.785. The van der Waals surface area contributed by atoms with Crippen molar-refractivity contribution in [3.63, 3.8) is 0 Å². The molecule has 1 saturated heterocycles. The van der Waals surface area contributed by atoms with Crippen molar-refractivity contribution in [3.05, 3.63) is 52.5 Å². The summed E-state index contributed by atoms with van der Waals surface area (Å²) < 4.78 is 2.24. The number of hydrogen-bond acceptors (Lipinski definition) is 7. The van der Waals surface area contributed by atoms with Crippen molar-refractivity contribution in [1.29, 1.82) is 5.26 Å². The molecule has 2 aromatic heterocycles. The summed E-state index contributed by atoms with van der Waals surface area (Å²) in [6, 6.07) is 10.1. The first-order chi connectivity index (χ1) is 18.1. The van der Waals surface area contributed by atoms with Gasteiger partial charge in [-0.3, -0.25) is 9.69 Å². The van der Waals surface area contributed by atoms with E-state index in [0.717, 1.165) is 80.3 Å². The van der Waals surface area contributed by atoms with E-state index >= 15 is 0 Å². The second-order valence-corrected chi connectivity index (χ2v) is 11.9. The first-order valence-electron chi connectivity index (χ1n) is 13.4. The Morgan fingerprint density at radius 1 is 1.03 bits per heavy atom. The number of nitrogens with zero attached hydrogens (tertiary/aromatic N) is 7. The number of amides is 1. The van der Waals surface area contributed by atoms with Crippen LogP contribution in [0, 0.1) is 16.7 Å². The van der Waals surface area contributed by atoms with E-state index in [9.17, 15) is 10.1 Å². The Bertz CT molecular complexity index is 1370. The molecule has 1 aromatic carbocycles. The lowest BCUT2D eigenvalue weighted by molar-refractivity contribution is 0.0950. The number of hydrogen-bond donors (Lipinski definition) is 1. The Hall–Kier alpha value is -3.48. The maximum atomic E-state index is 13.2. The van der Waals surface area contributed by atoms with E-state index in [1.54, 1.807) is 0 Å². The van der Waals surface area contributed by atoms with Crippen molar-refractivity contribution in [1.82, 2.24) is 29.7 Å². The fourth-order valence-corrected chi connectivity index (χ4v) is 5.47. The Morgan fingerprint density at radius 3 is 2.39 bits per heavy atom. The van der Waals surface area contributed by atoms with Gasteiger partial charge in [0, 0.05) is 69.7 Å². The van der Waals surface area contributed by atoms with Gasteiger partial charge in [0.25, 0.3) is 5.91 Å². The van der Waals surface area contributed by atoms with Gasteiger partial charge in [0.1, 0.15) is 11.6 Å². The van der Waals surface area contributed by atoms with Gasteiger partial charge in [-0.25, -0.2) is 4.98 Å². The highest BCUT2D eigenvalue weighted by Gasteiger charge is 2.29. The van der Waals surface area contributed by atoms with Crippen LogP contribution in [-0.2, 0) is 26.1 Å². The minimum atomic E-state index is -0.0899. The molecule has 1 amide bonds. The number of nitrogens with one attached hydrogen (secondary N) is 1. The molecule has 9 heteroatoms. The highest BCUT2D eigenvalue weighted by molar-refractivity contribution is 5.95. The Balaban J connectivity index is 1.38. The predicted molar refractivity (Wildman–Crippen MR) is 149 cm³/mol. The molecule has 38 heavy (non-hydrogen) atoms. The lowest BCUT2D eigenvalue weighted by Crippen LogP contribution is -2.43. The number of carbonyl (C=O) groups excluding carboxylic acids is 1. The number of benzene rings is 1. The normalized spacial score (nSPS) is 16.6. The summed E-state index contributed by atoms with van der Waals surface area (Å²) in [5.41, 5.74) is 5.81. The number of aromatic nitrogens is 3. The second kappa shape index (κ2) is 10.4. The molecule has 0 atom stereocenters. The van der Waals surface area contributed by atoms with Gasteiger partial charge in [0.05, 0.1) is 12.1 Å². The fourth-order valence-electron chi connectivity index (χ4n) is 5.47. The van der Waals surface area contributed by atoms with Crippen LogP contribution in [0.15, 0.2) is 24.3 Å². The van der Waals surface area contributed by atoms with Gasteiger partial charge in [-0.2, -0.15) is 10.2 Å². The smallest absolute Gasteiger partial charge is 0.251 e. The molecule has 0 bridgehead atoms. The maximum absolute atomic E-state index is 13.2. The van der Waals surface area contributed by atoms with Crippen molar-refractivity contribution in [3.8, 4) is 6.07 Å². The molecular formula is C29H38N8O. The molecule has 3 aromatic rings. The van der Waals surface area contributed by atoms with Crippen LogP contribution < -0.4 is 10.2 Å². The molecule has 0 unspecified atom stereocenters. The van der Waals surface area contributed by atoms with Gasteiger partial charge in [-0.1, -0.05) is 32.9 Å². The van der Waals surface area contributed by atoms with Crippen molar-refractivity contribution < 1.29 is 4.79 Å². The van der Waals surface area contributed by atoms with E-state index in [1.165, 1.54) is 5.56 Å². The molecule has 200 valence electrons. The van der Waals surface area contributed by atoms with Crippen LogP contribution in [0.3, 0.4) is 0 Å². The Kier molecular flexibility index (Phi) is 7.12. The molecule has 2 aliphatic rings. The number of nitriles is 1. The molecule has 0 aliphatic carbocycles. The van der Waals surface area contributed by atoms with E-state index in [1.807, 2.05) is 19.2 Å².